The molecular weight excluding hydrogens is 274 g/mol. The number of rotatable bonds is 3. The fraction of sp³-hybridized carbons (Fsp3) is 0.385. The lowest BCUT2D eigenvalue weighted by Gasteiger charge is -2.16. The third-order valence-electron chi connectivity index (χ3n) is 3.74. The van der Waals surface area contributed by atoms with E-state index in [1.807, 2.05) is 6.92 Å². The Kier molecular flexibility index (Phi) is 3.20. The second-order valence-corrected chi connectivity index (χ2v) is 5.10. The van der Waals surface area contributed by atoms with E-state index in [0.29, 0.717) is 18.7 Å². The molecule has 3 heterocycles. The number of nitrogens with one attached hydrogen (secondary N) is 1. The number of carbonyl (C=O) groups excluding carboxylic acids is 1. The van der Waals surface area contributed by atoms with Crippen molar-refractivity contribution in [3.8, 4) is 0 Å². The van der Waals surface area contributed by atoms with Gasteiger partial charge in [-0.15, -0.1) is 5.10 Å². The highest BCUT2D eigenvalue weighted by Gasteiger charge is 2.30. The molecule has 0 aliphatic carbocycles. The summed E-state index contributed by atoms with van der Waals surface area (Å²) in [6.07, 6.45) is 3.88. The molecule has 0 saturated carbocycles. The lowest BCUT2D eigenvalue weighted by atomic mass is 10.2. The molecule has 0 radical (unpaired) electrons. The number of aryl methyl sites for hydroxylation is 1. The Balaban J connectivity index is 1.71. The van der Waals surface area contributed by atoms with E-state index in [-0.39, 0.29) is 17.6 Å². The normalized spacial score (nSPS) is 18.1. The number of hydrogen-bond acceptors (Lipinski definition) is 4. The molecule has 1 aliphatic heterocycles. The average molecular weight is 289 g/mol. The van der Waals surface area contributed by atoms with Crippen LogP contribution in [0.3, 0.4) is 0 Å². The van der Waals surface area contributed by atoms with Crippen LogP contribution >= 0.6 is 0 Å². The summed E-state index contributed by atoms with van der Waals surface area (Å²) in [6, 6.07) is 1.73. The minimum atomic E-state index is -1.10. The fourth-order valence-corrected chi connectivity index (χ4v) is 2.55. The van der Waals surface area contributed by atoms with Crippen LogP contribution in [-0.2, 0) is 0 Å². The number of aromatic carboxylic acids is 1. The molecule has 3 rings (SSSR count). The minimum absolute atomic E-state index is 0.0187. The molecule has 1 aliphatic rings. The number of amides is 1. The van der Waals surface area contributed by atoms with Gasteiger partial charge in [-0.3, -0.25) is 4.79 Å². The van der Waals surface area contributed by atoms with Gasteiger partial charge in [0.1, 0.15) is 0 Å². The predicted molar refractivity (Wildman–Crippen MR) is 72.1 cm³/mol. The molecule has 8 heteroatoms. The molecule has 0 bridgehead atoms. The monoisotopic (exact) mass is 289 g/mol. The van der Waals surface area contributed by atoms with Crippen LogP contribution in [0.2, 0.25) is 0 Å². The van der Waals surface area contributed by atoms with Crippen LogP contribution in [0.5, 0.6) is 0 Å². The first-order valence-corrected chi connectivity index (χ1v) is 6.64. The van der Waals surface area contributed by atoms with E-state index >= 15 is 0 Å². The second-order valence-electron chi connectivity index (χ2n) is 5.10. The molecule has 2 aromatic rings. The number of carbonyl (C=O) groups is 2. The van der Waals surface area contributed by atoms with Crippen molar-refractivity contribution in [2.75, 3.05) is 13.1 Å². The number of likely N-dealkylation sites (tertiary alicyclic amines) is 1. The molecule has 0 spiro atoms. The third kappa shape index (κ3) is 2.39. The summed E-state index contributed by atoms with van der Waals surface area (Å²) in [5.41, 5.74) is 1.43. The van der Waals surface area contributed by atoms with Crippen LogP contribution in [0, 0.1) is 6.92 Å². The van der Waals surface area contributed by atoms with Gasteiger partial charge in [0.15, 0.2) is 5.69 Å². The van der Waals surface area contributed by atoms with Crippen LogP contribution in [0.15, 0.2) is 18.5 Å². The summed E-state index contributed by atoms with van der Waals surface area (Å²) in [6.45, 7) is 2.99. The number of H-pyrrole nitrogens is 1. The van der Waals surface area contributed by atoms with Gasteiger partial charge in [-0.2, -0.15) is 0 Å². The largest absolute Gasteiger partial charge is 0.476 e. The maximum Gasteiger partial charge on any atom is 0.358 e. The summed E-state index contributed by atoms with van der Waals surface area (Å²) in [5, 5.41) is 16.3. The maximum absolute atomic E-state index is 12.4. The fourth-order valence-electron chi connectivity index (χ4n) is 2.55. The van der Waals surface area contributed by atoms with E-state index in [0.717, 1.165) is 12.1 Å². The van der Waals surface area contributed by atoms with Gasteiger partial charge < -0.3 is 15.0 Å². The molecule has 2 N–H and O–H groups in total. The third-order valence-corrected chi connectivity index (χ3v) is 3.74. The molecule has 1 unspecified atom stereocenters. The topological polar surface area (TPSA) is 104 Å². The smallest absolute Gasteiger partial charge is 0.358 e. The molecule has 8 nitrogen and oxygen atoms in total. The Labute approximate surface area is 120 Å². The summed E-state index contributed by atoms with van der Waals surface area (Å²) in [5.74, 6) is -1.12. The molecule has 0 aromatic carbocycles. The van der Waals surface area contributed by atoms with Gasteiger partial charge in [0.2, 0.25) is 0 Å². The van der Waals surface area contributed by atoms with Crippen LogP contribution in [-0.4, -0.2) is 55.0 Å². The molecule has 110 valence electrons. The van der Waals surface area contributed by atoms with E-state index in [2.05, 4.69) is 15.3 Å². The predicted octanol–water partition coefficient (Wildman–Crippen LogP) is 0.700. The van der Waals surface area contributed by atoms with E-state index < -0.39 is 5.97 Å². The quantitative estimate of drug-likeness (QED) is 0.865. The number of aromatic nitrogens is 4. The van der Waals surface area contributed by atoms with Gasteiger partial charge in [-0.05, 0) is 19.4 Å². The van der Waals surface area contributed by atoms with Crippen LogP contribution < -0.4 is 0 Å². The first-order chi connectivity index (χ1) is 10.1. The summed E-state index contributed by atoms with van der Waals surface area (Å²) in [4.78, 5) is 27.9. The molecule has 21 heavy (non-hydrogen) atoms. The van der Waals surface area contributed by atoms with Gasteiger partial charge in [-0.1, -0.05) is 5.21 Å². The van der Waals surface area contributed by atoms with E-state index in [9.17, 15) is 9.59 Å². The Morgan fingerprint density at radius 1 is 1.48 bits per heavy atom. The molecule has 2 aromatic heterocycles. The number of hydrogen-bond donors (Lipinski definition) is 2. The van der Waals surface area contributed by atoms with Crippen molar-refractivity contribution in [2.24, 2.45) is 0 Å². The number of carboxylic acid groups (broad SMARTS) is 1. The van der Waals surface area contributed by atoms with Crippen molar-refractivity contribution in [1.29, 1.82) is 0 Å². The summed E-state index contributed by atoms with van der Waals surface area (Å²) >= 11 is 0. The zero-order valence-corrected chi connectivity index (χ0v) is 11.5. The van der Waals surface area contributed by atoms with Crippen molar-refractivity contribution >= 4 is 11.9 Å². The summed E-state index contributed by atoms with van der Waals surface area (Å²) in [7, 11) is 0. The van der Waals surface area contributed by atoms with Crippen molar-refractivity contribution in [2.45, 2.75) is 19.4 Å². The lowest BCUT2D eigenvalue weighted by Crippen LogP contribution is -2.29. The van der Waals surface area contributed by atoms with E-state index in [1.54, 1.807) is 17.2 Å². The zero-order valence-electron chi connectivity index (χ0n) is 11.5. The Bertz CT molecular complexity index is 690. The first kappa shape index (κ1) is 13.3. The van der Waals surface area contributed by atoms with E-state index in [4.69, 9.17) is 5.11 Å². The van der Waals surface area contributed by atoms with E-state index in [1.165, 1.54) is 10.9 Å². The van der Waals surface area contributed by atoms with Gasteiger partial charge in [0.05, 0.1) is 17.8 Å². The highest BCUT2D eigenvalue weighted by molar-refractivity contribution is 5.95. The van der Waals surface area contributed by atoms with Gasteiger partial charge in [0, 0.05) is 25.0 Å². The maximum atomic E-state index is 12.4. The molecule has 1 saturated heterocycles. The van der Waals surface area contributed by atoms with Crippen molar-refractivity contribution in [1.82, 2.24) is 24.9 Å². The van der Waals surface area contributed by atoms with Gasteiger partial charge in [0.25, 0.3) is 5.91 Å². The van der Waals surface area contributed by atoms with Crippen LogP contribution in [0.25, 0.3) is 0 Å². The van der Waals surface area contributed by atoms with Crippen molar-refractivity contribution in [3.05, 3.63) is 35.4 Å². The van der Waals surface area contributed by atoms with Crippen molar-refractivity contribution in [3.63, 3.8) is 0 Å². The standard InChI is InChI=1S/C13H15N5O3/c1-8-10(2-4-14-8)12(19)17-5-3-9(6-17)18-7-11(13(20)21)15-16-18/h2,4,7,9,14H,3,5-6H2,1H3,(H,20,21). The highest BCUT2D eigenvalue weighted by Crippen LogP contribution is 2.23. The Morgan fingerprint density at radius 2 is 2.29 bits per heavy atom. The summed E-state index contributed by atoms with van der Waals surface area (Å²) < 4.78 is 1.53. The number of carboxylic acids is 1. The molecule has 1 atom stereocenters. The zero-order chi connectivity index (χ0) is 15.0. The average Bonchev–Trinajstić information content (AvgIpc) is 3.17. The highest BCUT2D eigenvalue weighted by atomic mass is 16.4. The van der Waals surface area contributed by atoms with Crippen LogP contribution in [0.4, 0.5) is 0 Å². The second kappa shape index (κ2) is 5.04. The number of nitrogens with zero attached hydrogens (tertiary/aromatic N) is 4. The van der Waals surface area contributed by atoms with Gasteiger partial charge in [-0.25, -0.2) is 9.48 Å². The minimum Gasteiger partial charge on any atom is -0.476 e. The Hall–Kier alpha value is -2.64. The first-order valence-electron chi connectivity index (χ1n) is 6.64. The Morgan fingerprint density at radius 3 is 2.90 bits per heavy atom. The lowest BCUT2D eigenvalue weighted by molar-refractivity contribution is 0.0689. The molecule has 1 amide bonds. The molecule has 1 fully saturated rings. The SMILES string of the molecule is Cc1[nH]ccc1C(=O)N1CCC(n2cc(C(=O)O)nn2)C1. The van der Waals surface area contributed by atoms with Gasteiger partial charge >= 0.3 is 5.97 Å². The number of aromatic amines is 1. The molecular formula is C13H15N5O3. The van der Waals surface area contributed by atoms with Crippen LogP contribution in [0.1, 0.15) is 39.0 Å². The van der Waals surface area contributed by atoms with Crippen molar-refractivity contribution < 1.29 is 14.7 Å².